The van der Waals surface area contributed by atoms with Gasteiger partial charge in [0.05, 0.1) is 28.0 Å². The van der Waals surface area contributed by atoms with Crippen molar-refractivity contribution in [1.82, 2.24) is 0 Å². The maximum Gasteiger partial charge on any atom is 0.362 e. The highest BCUT2D eigenvalue weighted by atomic mass is 32.2. The number of hydrogen-bond donors (Lipinski definition) is 4. The molecule has 0 amide bonds. The van der Waals surface area contributed by atoms with Gasteiger partial charge in [-0.2, -0.15) is 0 Å². The van der Waals surface area contributed by atoms with Gasteiger partial charge in [0.15, 0.2) is 46.5 Å². The van der Waals surface area contributed by atoms with Crippen LogP contribution in [0.4, 0.5) is 35.1 Å². The number of hydrogen-bond acceptors (Lipinski definition) is 6. The first-order valence-electron chi connectivity index (χ1n) is 17.5. The van der Waals surface area contributed by atoms with E-state index in [1.54, 1.807) is 12.1 Å². The number of rotatable bonds is 11. The van der Waals surface area contributed by atoms with Gasteiger partial charge in [0, 0.05) is 16.5 Å². The molecule has 0 atom stereocenters. The summed E-state index contributed by atoms with van der Waals surface area (Å²) in [6, 6.07) is 17.9. The van der Waals surface area contributed by atoms with E-state index in [2.05, 4.69) is 0 Å². The Labute approximate surface area is 347 Å². The van der Waals surface area contributed by atoms with Crippen LogP contribution in [0.1, 0.15) is 30.5 Å². The number of aryl methyl sites for hydroxylation is 1. The van der Waals surface area contributed by atoms with Gasteiger partial charge in [-0.1, -0.05) is 55.8 Å². The van der Waals surface area contributed by atoms with Crippen LogP contribution in [0.3, 0.4) is 0 Å². The van der Waals surface area contributed by atoms with Gasteiger partial charge >= 0.3 is 15.2 Å². The Hall–Kier alpha value is -5.39. The molecule has 0 aliphatic heterocycles. The molecule has 6 aromatic rings. The van der Waals surface area contributed by atoms with Crippen molar-refractivity contribution in [2.45, 2.75) is 36.0 Å². The summed E-state index contributed by atoms with van der Waals surface area (Å²) >= 11 is 0. The average molecular weight is 929 g/mol. The van der Waals surface area contributed by atoms with Gasteiger partial charge in [0.25, 0.3) is 0 Å². The summed E-state index contributed by atoms with van der Waals surface area (Å²) in [5.74, 6) is -21.4. The van der Waals surface area contributed by atoms with Crippen molar-refractivity contribution in [2.24, 2.45) is 0 Å². The molecule has 0 unspecified atom stereocenters. The molecule has 0 saturated heterocycles. The normalized spacial score (nSPS) is 12.5. The molecule has 0 aliphatic rings. The SMILES string of the molecule is COc1ccc(S(=O)(=O)c2ccc(Oc3ccc(C(C)(C)c4ccc(C)cc4)cc3)cc2-c2c(F)c(F)c(P(=O)(O)O)c(F)c2F)c(-c2c(F)c(F)c(P(=O)(O)O)c(F)c2F)c1. The standard InChI is InChI=1S/C41H30F8O10P2S/c1-19-5-7-20(8-6-19)41(2,3)21-9-11-22(12-10-21)59-24-14-16-28(26(18-24)30-33(44)37(48)40(61(53,54)55)38(49)34(30)45)62(56,57)27-15-13-23(58-4)17-25(27)29-31(42)35(46)39(60(50,51)52)36(47)32(29)43/h5-18H,1-4H3,(H2,50,51,52)(H2,53,54,55). The second kappa shape index (κ2) is 16.4. The fourth-order valence-corrected chi connectivity index (χ4v) is 9.67. The first-order valence-corrected chi connectivity index (χ1v) is 22.2. The molecule has 0 heterocycles. The molecule has 10 nitrogen and oxygen atoms in total. The van der Waals surface area contributed by atoms with Gasteiger partial charge in [-0.05, 0) is 66.6 Å². The minimum absolute atomic E-state index is 0.0244. The molecule has 4 N–H and O–H groups in total. The van der Waals surface area contributed by atoms with E-state index in [1.165, 1.54) is 12.1 Å². The minimum Gasteiger partial charge on any atom is -0.497 e. The Bertz CT molecular complexity index is 2950. The lowest BCUT2D eigenvalue weighted by atomic mass is 9.78. The van der Waals surface area contributed by atoms with Crippen LogP contribution < -0.4 is 20.1 Å². The quantitative estimate of drug-likeness (QED) is 0.0559. The van der Waals surface area contributed by atoms with E-state index in [9.17, 15) is 37.1 Å². The number of sulfone groups is 1. The first kappa shape index (κ1) is 46.1. The molecule has 6 rings (SSSR count). The Morgan fingerprint density at radius 3 is 1.23 bits per heavy atom. The average Bonchev–Trinajstić information content (AvgIpc) is 3.19. The summed E-state index contributed by atoms with van der Waals surface area (Å²) < 4.78 is 188. The Morgan fingerprint density at radius 2 is 0.855 bits per heavy atom. The maximum absolute atomic E-state index is 15.9. The highest BCUT2D eigenvalue weighted by Crippen LogP contribution is 2.46. The molecule has 62 heavy (non-hydrogen) atoms. The predicted octanol–water partition coefficient (Wildman–Crippen LogP) is 9.01. The number of ether oxygens (including phenoxy) is 2. The van der Waals surface area contributed by atoms with Crippen molar-refractivity contribution in [3.63, 3.8) is 0 Å². The molecule has 0 spiro atoms. The third kappa shape index (κ3) is 8.17. The summed E-state index contributed by atoms with van der Waals surface area (Å²) in [5.41, 5.74) is -4.09. The Morgan fingerprint density at radius 1 is 0.516 bits per heavy atom. The zero-order valence-electron chi connectivity index (χ0n) is 32.1. The summed E-state index contributed by atoms with van der Waals surface area (Å²) in [4.78, 5) is 35.1. The van der Waals surface area contributed by atoms with Crippen molar-refractivity contribution in [2.75, 3.05) is 7.11 Å². The van der Waals surface area contributed by atoms with E-state index in [4.69, 9.17) is 9.47 Å². The fraction of sp³-hybridized carbons (Fsp3) is 0.122. The zero-order chi connectivity index (χ0) is 46.0. The van der Waals surface area contributed by atoms with Crippen molar-refractivity contribution in [3.05, 3.63) is 148 Å². The lowest BCUT2D eigenvalue weighted by Gasteiger charge is -2.26. The molecule has 0 bridgehead atoms. The second-order valence-electron chi connectivity index (χ2n) is 14.2. The number of halogens is 8. The smallest absolute Gasteiger partial charge is 0.362 e. The van der Waals surface area contributed by atoms with Gasteiger partial charge in [-0.15, -0.1) is 0 Å². The summed E-state index contributed by atoms with van der Waals surface area (Å²) in [7, 11) is -16.8. The van der Waals surface area contributed by atoms with Crippen molar-refractivity contribution in [3.8, 4) is 39.5 Å². The van der Waals surface area contributed by atoms with Crippen molar-refractivity contribution in [1.29, 1.82) is 0 Å². The Balaban J connectivity index is 1.59. The van der Waals surface area contributed by atoms with E-state index in [0.29, 0.717) is 24.3 Å². The van der Waals surface area contributed by atoms with Gasteiger partial charge in [-0.25, -0.2) is 43.5 Å². The van der Waals surface area contributed by atoms with E-state index in [-0.39, 0.29) is 5.75 Å². The van der Waals surface area contributed by atoms with Crippen LogP contribution in [-0.2, 0) is 24.4 Å². The lowest BCUT2D eigenvalue weighted by molar-refractivity contribution is 0.377. The van der Waals surface area contributed by atoms with Gasteiger partial charge in [0.1, 0.15) is 27.9 Å². The topological polar surface area (TPSA) is 168 Å². The van der Waals surface area contributed by atoms with E-state index < -0.39 is 131 Å². The van der Waals surface area contributed by atoms with Crippen LogP contribution in [-0.4, -0.2) is 35.1 Å². The van der Waals surface area contributed by atoms with Gasteiger partial charge < -0.3 is 29.0 Å². The highest BCUT2D eigenvalue weighted by Gasteiger charge is 2.40. The summed E-state index contributed by atoms with van der Waals surface area (Å²) in [6.45, 7) is 5.81. The fourth-order valence-electron chi connectivity index (χ4n) is 6.62. The van der Waals surface area contributed by atoms with Crippen molar-refractivity contribution < 1.29 is 81.7 Å². The molecule has 6 aromatic carbocycles. The summed E-state index contributed by atoms with van der Waals surface area (Å²) in [5, 5.41) is -4.67. The predicted molar refractivity (Wildman–Crippen MR) is 209 cm³/mol. The lowest BCUT2D eigenvalue weighted by Crippen LogP contribution is -2.21. The molecule has 0 aromatic heterocycles. The molecular weight excluding hydrogens is 898 g/mol. The first-order chi connectivity index (χ1) is 28.7. The van der Waals surface area contributed by atoms with E-state index in [1.807, 2.05) is 45.0 Å². The minimum atomic E-state index is -6.09. The van der Waals surface area contributed by atoms with Crippen LogP contribution in [0.2, 0.25) is 0 Å². The number of methoxy groups -OCH3 is 1. The second-order valence-corrected chi connectivity index (χ2v) is 19.1. The third-order valence-electron chi connectivity index (χ3n) is 9.90. The van der Waals surface area contributed by atoms with Gasteiger partial charge in [-0.3, -0.25) is 9.13 Å². The van der Waals surface area contributed by atoms with Crippen LogP contribution in [0, 0.1) is 53.5 Å². The zero-order valence-corrected chi connectivity index (χ0v) is 34.8. The van der Waals surface area contributed by atoms with E-state index in [0.717, 1.165) is 35.9 Å². The molecular formula is C41H30F8O10P2S. The number of benzene rings is 6. The van der Waals surface area contributed by atoms with Crippen molar-refractivity contribution >= 4 is 35.6 Å². The molecule has 21 heteroatoms. The highest BCUT2D eigenvalue weighted by molar-refractivity contribution is 7.91. The largest absolute Gasteiger partial charge is 0.497 e. The molecule has 0 aliphatic carbocycles. The monoisotopic (exact) mass is 928 g/mol. The van der Waals surface area contributed by atoms with Crippen LogP contribution in [0.15, 0.2) is 94.7 Å². The molecule has 326 valence electrons. The molecule has 0 radical (unpaired) electrons. The molecule has 0 saturated carbocycles. The van der Waals surface area contributed by atoms with Crippen LogP contribution in [0.5, 0.6) is 17.2 Å². The van der Waals surface area contributed by atoms with E-state index >= 15 is 35.1 Å². The maximum atomic E-state index is 15.9. The van der Waals surface area contributed by atoms with Crippen LogP contribution >= 0.6 is 15.2 Å². The third-order valence-corrected chi connectivity index (χ3v) is 13.7. The van der Waals surface area contributed by atoms with Crippen LogP contribution in [0.25, 0.3) is 22.3 Å². The van der Waals surface area contributed by atoms with Gasteiger partial charge in [0.2, 0.25) is 9.84 Å². The Kier molecular flexibility index (Phi) is 12.2. The summed E-state index contributed by atoms with van der Waals surface area (Å²) in [6.07, 6.45) is 0. The molecule has 0 fully saturated rings.